The van der Waals surface area contributed by atoms with Crippen LogP contribution < -0.4 is 5.32 Å². The van der Waals surface area contributed by atoms with Crippen molar-refractivity contribution in [3.05, 3.63) is 12.7 Å². The van der Waals surface area contributed by atoms with Crippen molar-refractivity contribution in [3.63, 3.8) is 0 Å². The van der Waals surface area contributed by atoms with E-state index in [9.17, 15) is 0 Å². The zero-order valence-corrected chi connectivity index (χ0v) is 11.1. The Kier molecular flexibility index (Phi) is 5.46. The van der Waals surface area contributed by atoms with E-state index in [0.717, 1.165) is 19.6 Å². The predicted octanol–water partition coefficient (Wildman–Crippen LogP) is 1.18. The molecule has 0 aliphatic carbocycles. The average Bonchev–Trinajstić information content (AvgIpc) is 2.24. The van der Waals surface area contributed by atoms with Gasteiger partial charge in [0.2, 0.25) is 0 Å². The van der Waals surface area contributed by atoms with E-state index in [4.69, 9.17) is 0 Å². The first kappa shape index (κ1) is 13.7. The Morgan fingerprint density at radius 3 is 2.31 bits per heavy atom. The fourth-order valence-electron chi connectivity index (χ4n) is 2.08. The Morgan fingerprint density at radius 2 is 1.81 bits per heavy atom. The van der Waals surface area contributed by atoms with E-state index in [1.165, 1.54) is 26.2 Å². The van der Waals surface area contributed by atoms with Crippen LogP contribution in [-0.2, 0) is 0 Å². The fraction of sp³-hybridized carbons (Fsp3) is 0.846. The van der Waals surface area contributed by atoms with Gasteiger partial charge in [0.15, 0.2) is 0 Å². The third-order valence-electron chi connectivity index (χ3n) is 3.21. The minimum absolute atomic E-state index is 0.327. The molecule has 0 radical (unpaired) electrons. The van der Waals surface area contributed by atoms with Crippen molar-refractivity contribution in [2.24, 2.45) is 0 Å². The van der Waals surface area contributed by atoms with Gasteiger partial charge in [0.05, 0.1) is 0 Å². The second-order valence-electron chi connectivity index (χ2n) is 5.49. The molecule has 0 amide bonds. The van der Waals surface area contributed by atoms with Gasteiger partial charge in [-0.25, -0.2) is 0 Å². The summed E-state index contributed by atoms with van der Waals surface area (Å²) >= 11 is 0. The quantitative estimate of drug-likeness (QED) is 0.560. The molecule has 1 rings (SSSR count). The van der Waals surface area contributed by atoms with E-state index in [-0.39, 0.29) is 0 Å². The first-order chi connectivity index (χ1) is 7.54. The average molecular weight is 225 g/mol. The van der Waals surface area contributed by atoms with Crippen LogP contribution in [0.2, 0.25) is 0 Å². The van der Waals surface area contributed by atoms with Crippen LogP contribution in [0.15, 0.2) is 12.7 Å². The molecule has 0 aromatic carbocycles. The molecule has 1 saturated heterocycles. The molecule has 0 unspecified atom stereocenters. The van der Waals surface area contributed by atoms with Crippen LogP contribution in [0.4, 0.5) is 0 Å². The highest BCUT2D eigenvalue weighted by Gasteiger charge is 2.25. The molecule has 0 saturated carbocycles. The van der Waals surface area contributed by atoms with Gasteiger partial charge in [0.1, 0.15) is 0 Å². The molecular weight excluding hydrogens is 198 g/mol. The third-order valence-corrected chi connectivity index (χ3v) is 3.21. The summed E-state index contributed by atoms with van der Waals surface area (Å²) in [5.41, 5.74) is 0.327. The number of nitrogens with zero attached hydrogens (tertiary/aromatic N) is 2. The first-order valence-corrected chi connectivity index (χ1v) is 6.33. The van der Waals surface area contributed by atoms with Crippen LogP contribution in [0.3, 0.4) is 0 Å². The second kappa shape index (κ2) is 6.38. The summed E-state index contributed by atoms with van der Waals surface area (Å²) in [6.45, 7) is 18.5. The maximum Gasteiger partial charge on any atom is 0.0132 e. The topological polar surface area (TPSA) is 18.5 Å². The Balaban J connectivity index is 2.14. The van der Waals surface area contributed by atoms with E-state index in [1.807, 2.05) is 6.08 Å². The lowest BCUT2D eigenvalue weighted by Gasteiger charge is -2.42. The highest BCUT2D eigenvalue weighted by atomic mass is 15.3. The maximum absolute atomic E-state index is 3.70. The van der Waals surface area contributed by atoms with Crippen LogP contribution >= 0.6 is 0 Å². The molecule has 1 aliphatic heterocycles. The molecule has 3 nitrogen and oxygen atoms in total. The lowest BCUT2D eigenvalue weighted by atomic mass is 10.1. The summed E-state index contributed by atoms with van der Waals surface area (Å²) in [4.78, 5) is 5.11. The Hall–Kier alpha value is -0.380. The molecular formula is C13H27N3. The van der Waals surface area contributed by atoms with Crippen LogP contribution in [0.25, 0.3) is 0 Å². The Morgan fingerprint density at radius 1 is 1.19 bits per heavy atom. The number of hydrogen-bond acceptors (Lipinski definition) is 3. The molecule has 94 valence electrons. The molecule has 0 aromatic rings. The molecule has 0 atom stereocenters. The zero-order valence-electron chi connectivity index (χ0n) is 11.1. The molecule has 16 heavy (non-hydrogen) atoms. The molecule has 1 fully saturated rings. The van der Waals surface area contributed by atoms with Crippen LogP contribution in [-0.4, -0.2) is 61.2 Å². The molecule has 1 aliphatic rings. The second-order valence-corrected chi connectivity index (χ2v) is 5.49. The van der Waals surface area contributed by atoms with Gasteiger partial charge in [-0.05, 0) is 20.8 Å². The predicted molar refractivity (Wildman–Crippen MR) is 70.8 cm³/mol. The third kappa shape index (κ3) is 4.64. The van der Waals surface area contributed by atoms with Gasteiger partial charge in [-0.1, -0.05) is 6.08 Å². The highest BCUT2D eigenvalue weighted by Crippen LogP contribution is 2.15. The number of hydrogen-bond donors (Lipinski definition) is 1. The van der Waals surface area contributed by atoms with Gasteiger partial charge >= 0.3 is 0 Å². The molecule has 1 heterocycles. The fourth-order valence-corrected chi connectivity index (χ4v) is 2.08. The molecule has 1 N–H and O–H groups in total. The largest absolute Gasteiger partial charge is 0.312 e. The SMILES string of the molecule is C=CCNCCN1CCN(C(C)(C)C)CC1. The molecule has 0 aromatic heterocycles. The van der Waals surface area contributed by atoms with Gasteiger partial charge in [-0.2, -0.15) is 0 Å². The molecule has 0 bridgehead atoms. The lowest BCUT2D eigenvalue weighted by molar-refractivity contribution is 0.0629. The zero-order chi connectivity index (χ0) is 12.0. The number of piperazine rings is 1. The van der Waals surface area contributed by atoms with Crippen LogP contribution in [0.5, 0.6) is 0 Å². The van der Waals surface area contributed by atoms with Gasteiger partial charge in [-0.15, -0.1) is 6.58 Å². The Labute approximate surface area is 100 Å². The van der Waals surface area contributed by atoms with Gasteiger partial charge < -0.3 is 5.32 Å². The summed E-state index contributed by atoms with van der Waals surface area (Å²) < 4.78 is 0. The van der Waals surface area contributed by atoms with Crippen molar-refractivity contribution in [3.8, 4) is 0 Å². The van der Waals surface area contributed by atoms with Crippen LogP contribution in [0.1, 0.15) is 20.8 Å². The van der Waals surface area contributed by atoms with Crippen LogP contribution in [0, 0.1) is 0 Å². The van der Waals surface area contributed by atoms with Gasteiger partial charge in [0, 0.05) is 51.4 Å². The van der Waals surface area contributed by atoms with Crippen molar-refractivity contribution in [2.45, 2.75) is 26.3 Å². The minimum atomic E-state index is 0.327. The van der Waals surface area contributed by atoms with Crippen molar-refractivity contribution >= 4 is 0 Å². The maximum atomic E-state index is 3.70. The smallest absolute Gasteiger partial charge is 0.0132 e. The van der Waals surface area contributed by atoms with Crippen molar-refractivity contribution in [1.82, 2.24) is 15.1 Å². The summed E-state index contributed by atoms with van der Waals surface area (Å²) in [5.74, 6) is 0. The summed E-state index contributed by atoms with van der Waals surface area (Å²) in [5, 5.41) is 3.35. The van der Waals surface area contributed by atoms with E-state index < -0.39 is 0 Å². The minimum Gasteiger partial charge on any atom is -0.312 e. The van der Waals surface area contributed by atoms with Crippen molar-refractivity contribution in [1.29, 1.82) is 0 Å². The monoisotopic (exact) mass is 225 g/mol. The number of rotatable bonds is 5. The molecule has 3 heteroatoms. The normalized spacial score (nSPS) is 19.9. The summed E-state index contributed by atoms with van der Waals surface area (Å²) in [6.07, 6.45) is 1.91. The Bertz CT molecular complexity index is 200. The highest BCUT2D eigenvalue weighted by molar-refractivity contribution is 4.82. The van der Waals surface area contributed by atoms with E-state index >= 15 is 0 Å². The summed E-state index contributed by atoms with van der Waals surface area (Å²) in [7, 11) is 0. The first-order valence-electron chi connectivity index (χ1n) is 6.33. The van der Waals surface area contributed by atoms with Gasteiger partial charge in [-0.3, -0.25) is 9.80 Å². The molecule has 0 spiro atoms. The van der Waals surface area contributed by atoms with Gasteiger partial charge in [0.25, 0.3) is 0 Å². The summed E-state index contributed by atoms with van der Waals surface area (Å²) in [6, 6.07) is 0. The van der Waals surface area contributed by atoms with E-state index in [1.54, 1.807) is 0 Å². The van der Waals surface area contributed by atoms with E-state index in [2.05, 4.69) is 42.5 Å². The standard InChI is InChI=1S/C13H27N3/c1-5-6-14-7-8-15-9-11-16(12-10-15)13(2,3)4/h5,14H,1,6-12H2,2-4H3. The number of nitrogens with one attached hydrogen (secondary N) is 1. The van der Waals surface area contributed by atoms with Crippen molar-refractivity contribution < 1.29 is 0 Å². The van der Waals surface area contributed by atoms with Crippen molar-refractivity contribution in [2.75, 3.05) is 45.8 Å². The lowest BCUT2D eigenvalue weighted by Crippen LogP contribution is -2.54. The van der Waals surface area contributed by atoms with E-state index in [0.29, 0.717) is 5.54 Å².